The molecule has 0 radical (unpaired) electrons. The molecule has 1 heterocycles. The summed E-state index contributed by atoms with van der Waals surface area (Å²) < 4.78 is 0. The van der Waals surface area contributed by atoms with Gasteiger partial charge in [0, 0.05) is 18.8 Å². The molecular formula is C13H19NO. The van der Waals surface area contributed by atoms with E-state index in [0.717, 1.165) is 25.9 Å². The van der Waals surface area contributed by atoms with Crippen LogP contribution in [0.5, 0.6) is 0 Å². The van der Waals surface area contributed by atoms with Crippen molar-refractivity contribution in [3.8, 4) is 0 Å². The van der Waals surface area contributed by atoms with E-state index in [9.17, 15) is 5.11 Å². The first-order chi connectivity index (χ1) is 7.16. The minimum atomic E-state index is -0.153. The molecular weight excluding hydrogens is 186 g/mol. The molecule has 1 aliphatic heterocycles. The van der Waals surface area contributed by atoms with E-state index in [2.05, 4.69) is 36.9 Å². The summed E-state index contributed by atoms with van der Waals surface area (Å²) in [7, 11) is 0. The van der Waals surface area contributed by atoms with E-state index >= 15 is 0 Å². The molecule has 1 unspecified atom stereocenters. The number of aliphatic hydroxyl groups is 1. The lowest BCUT2D eigenvalue weighted by atomic mass is 10.0. The molecule has 0 aromatic heterocycles. The number of piperidine rings is 1. The molecule has 82 valence electrons. The van der Waals surface area contributed by atoms with Crippen LogP contribution in [0.1, 0.15) is 24.0 Å². The average Bonchev–Trinajstić information content (AvgIpc) is 2.17. The standard InChI is InChI=1S/C13H19NO/c1-10-5-6-13(11(2)8-10)14-7-3-4-12(15)9-14/h5-6,8,12,15H,3-4,7,9H2,1-2H3. The highest BCUT2D eigenvalue weighted by Gasteiger charge is 2.18. The lowest BCUT2D eigenvalue weighted by Gasteiger charge is -2.33. The first-order valence-electron chi connectivity index (χ1n) is 5.67. The molecule has 15 heavy (non-hydrogen) atoms. The molecule has 0 bridgehead atoms. The SMILES string of the molecule is Cc1ccc(N2CCCC(O)C2)c(C)c1. The zero-order valence-corrected chi connectivity index (χ0v) is 9.53. The van der Waals surface area contributed by atoms with Crippen molar-refractivity contribution < 1.29 is 5.11 Å². The summed E-state index contributed by atoms with van der Waals surface area (Å²) in [5.74, 6) is 0. The van der Waals surface area contributed by atoms with Gasteiger partial charge in [0.1, 0.15) is 0 Å². The lowest BCUT2D eigenvalue weighted by molar-refractivity contribution is 0.154. The van der Waals surface area contributed by atoms with Crippen molar-refractivity contribution in [3.05, 3.63) is 29.3 Å². The molecule has 1 fully saturated rings. The van der Waals surface area contributed by atoms with Crippen LogP contribution in [-0.2, 0) is 0 Å². The predicted molar refractivity (Wildman–Crippen MR) is 63.4 cm³/mol. The van der Waals surface area contributed by atoms with Crippen molar-refractivity contribution in [1.82, 2.24) is 0 Å². The number of β-amino-alcohol motifs (C(OH)–C–C–N with tert-alkyl or cyclic N) is 1. The fraction of sp³-hybridized carbons (Fsp3) is 0.538. The molecule has 1 N–H and O–H groups in total. The Kier molecular flexibility index (Phi) is 2.96. The van der Waals surface area contributed by atoms with Crippen molar-refractivity contribution in [2.24, 2.45) is 0 Å². The van der Waals surface area contributed by atoms with E-state index < -0.39 is 0 Å². The summed E-state index contributed by atoms with van der Waals surface area (Å²) in [6.07, 6.45) is 1.88. The van der Waals surface area contributed by atoms with Gasteiger partial charge in [-0.1, -0.05) is 17.7 Å². The van der Waals surface area contributed by atoms with E-state index in [1.165, 1.54) is 16.8 Å². The fourth-order valence-corrected chi connectivity index (χ4v) is 2.33. The van der Waals surface area contributed by atoms with Crippen LogP contribution in [-0.4, -0.2) is 24.3 Å². The van der Waals surface area contributed by atoms with Crippen LogP contribution >= 0.6 is 0 Å². The fourth-order valence-electron chi connectivity index (χ4n) is 2.33. The Bertz CT molecular complexity index is 348. The van der Waals surface area contributed by atoms with Gasteiger partial charge in [-0.25, -0.2) is 0 Å². The van der Waals surface area contributed by atoms with Gasteiger partial charge < -0.3 is 10.0 Å². The summed E-state index contributed by atoms with van der Waals surface area (Å²) in [6.45, 7) is 6.11. The van der Waals surface area contributed by atoms with Crippen molar-refractivity contribution in [2.45, 2.75) is 32.8 Å². The summed E-state index contributed by atoms with van der Waals surface area (Å²) in [4.78, 5) is 2.29. The normalized spacial score (nSPS) is 21.8. The first kappa shape index (κ1) is 10.5. The second-order valence-electron chi connectivity index (χ2n) is 4.53. The van der Waals surface area contributed by atoms with Crippen molar-refractivity contribution in [3.63, 3.8) is 0 Å². The second-order valence-corrected chi connectivity index (χ2v) is 4.53. The number of anilines is 1. The number of hydrogen-bond acceptors (Lipinski definition) is 2. The van der Waals surface area contributed by atoms with Gasteiger partial charge in [-0.2, -0.15) is 0 Å². The Balaban J connectivity index is 2.21. The third kappa shape index (κ3) is 2.32. The van der Waals surface area contributed by atoms with E-state index in [-0.39, 0.29) is 6.10 Å². The van der Waals surface area contributed by atoms with Gasteiger partial charge in [-0.15, -0.1) is 0 Å². The first-order valence-corrected chi connectivity index (χ1v) is 5.67. The average molecular weight is 205 g/mol. The number of rotatable bonds is 1. The van der Waals surface area contributed by atoms with Gasteiger partial charge in [0.2, 0.25) is 0 Å². The number of aryl methyl sites for hydroxylation is 2. The largest absolute Gasteiger partial charge is 0.391 e. The van der Waals surface area contributed by atoms with E-state index in [1.807, 2.05) is 0 Å². The van der Waals surface area contributed by atoms with E-state index in [4.69, 9.17) is 0 Å². The molecule has 0 amide bonds. The highest BCUT2D eigenvalue weighted by Crippen LogP contribution is 2.24. The number of aliphatic hydroxyl groups excluding tert-OH is 1. The Morgan fingerprint density at radius 3 is 2.80 bits per heavy atom. The van der Waals surface area contributed by atoms with Gasteiger partial charge in [-0.05, 0) is 38.3 Å². The molecule has 0 saturated carbocycles. The third-order valence-electron chi connectivity index (χ3n) is 3.09. The van der Waals surface area contributed by atoms with E-state index in [1.54, 1.807) is 0 Å². The van der Waals surface area contributed by atoms with E-state index in [0.29, 0.717) is 0 Å². The Labute approximate surface area is 91.5 Å². The van der Waals surface area contributed by atoms with Gasteiger partial charge >= 0.3 is 0 Å². The van der Waals surface area contributed by atoms with Gasteiger partial charge in [0.25, 0.3) is 0 Å². The Morgan fingerprint density at radius 1 is 1.33 bits per heavy atom. The number of hydrogen-bond donors (Lipinski definition) is 1. The zero-order chi connectivity index (χ0) is 10.8. The van der Waals surface area contributed by atoms with Crippen LogP contribution in [0.4, 0.5) is 5.69 Å². The number of nitrogens with zero attached hydrogens (tertiary/aromatic N) is 1. The Hall–Kier alpha value is -1.02. The van der Waals surface area contributed by atoms with Crippen LogP contribution in [0.2, 0.25) is 0 Å². The molecule has 1 saturated heterocycles. The van der Waals surface area contributed by atoms with Crippen LogP contribution in [0.3, 0.4) is 0 Å². The summed E-state index contributed by atoms with van der Waals surface area (Å²) in [6, 6.07) is 6.52. The van der Waals surface area contributed by atoms with Gasteiger partial charge in [0.05, 0.1) is 6.10 Å². The van der Waals surface area contributed by atoms with Crippen LogP contribution in [0.25, 0.3) is 0 Å². The van der Waals surface area contributed by atoms with Gasteiger partial charge in [0.15, 0.2) is 0 Å². The minimum Gasteiger partial charge on any atom is -0.391 e. The molecule has 2 heteroatoms. The minimum absolute atomic E-state index is 0.153. The molecule has 0 spiro atoms. The second kappa shape index (κ2) is 4.23. The summed E-state index contributed by atoms with van der Waals surface area (Å²) >= 11 is 0. The van der Waals surface area contributed by atoms with Gasteiger partial charge in [-0.3, -0.25) is 0 Å². The van der Waals surface area contributed by atoms with Crippen molar-refractivity contribution >= 4 is 5.69 Å². The molecule has 1 aromatic rings. The molecule has 2 rings (SSSR count). The zero-order valence-electron chi connectivity index (χ0n) is 9.53. The molecule has 1 aliphatic rings. The summed E-state index contributed by atoms with van der Waals surface area (Å²) in [5.41, 5.74) is 3.89. The highest BCUT2D eigenvalue weighted by molar-refractivity contribution is 5.54. The molecule has 1 atom stereocenters. The molecule has 1 aromatic carbocycles. The topological polar surface area (TPSA) is 23.5 Å². The van der Waals surface area contributed by atoms with Crippen LogP contribution in [0.15, 0.2) is 18.2 Å². The lowest BCUT2D eigenvalue weighted by Crippen LogP contribution is -2.38. The third-order valence-corrected chi connectivity index (χ3v) is 3.09. The maximum Gasteiger partial charge on any atom is 0.0715 e. The molecule has 0 aliphatic carbocycles. The number of benzene rings is 1. The smallest absolute Gasteiger partial charge is 0.0715 e. The quantitative estimate of drug-likeness (QED) is 0.760. The monoisotopic (exact) mass is 205 g/mol. The maximum atomic E-state index is 9.64. The maximum absolute atomic E-state index is 9.64. The predicted octanol–water partition coefficient (Wildman–Crippen LogP) is 2.26. The van der Waals surface area contributed by atoms with Crippen molar-refractivity contribution in [1.29, 1.82) is 0 Å². The molecule has 2 nitrogen and oxygen atoms in total. The Morgan fingerprint density at radius 2 is 2.13 bits per heavy atom. The highest BCUT2D eigenvalue weighted by atomic mass is 16.3. The van der Waals surface area contributed by atoms with Crippen LogP contribution < -0.4 is 4.90 Å². The summed E-state index contributed by atoms with van der Waals surface area (Å²) in [5, 5.41) is 9.64. The van der Waals surface area contributed by atoms with Crippen LogP contribution in [0, 0.1) is 13.8 Å². The van der Waals surface area contributed by atoms with Crippen molar-refractivity contribution in [2.75, 3.05) is 18.0 Å².